The Morgan fingerprint density at radius 3 is 1.33 bits per heavy atom. The second kappa shape index (κ2) is 8.88. The van der Waals surface area contributed by atoms with E-state index in [-0.39, 0.29) is 11.6 Å². The van der Waals surface area contributed by atoms with E-state index >= 15 is 0 Å². The Morgan fingerprint density at radius 2 is 0.907 bits per heavy atom. The van der Waals surface area contributed by atoms with Gasteiger partial charge in [0.25, 0.3) is 0 Å². The Morgan fingerprint density at radius 1 is 0.512 bits per heavy atom. The molecule has 1 aliphatic rings. The average molecular weight is 692 g/mol. The number of halogens is 4. The zero-order valence-corrected chi connectivity index (χ0v) is 25.4. The number of benzene rings is 6. The molecule has 1 aliphatic carbocycles. The highest BCUT2D eigenvalue weighted by atomic mass is 79.9. The molecule has 6 heteroatoms. The van der Waals surface area contributed by atoms with Crippen molar-refractivity contribution in [2.24, 2.45) is 0 Å². The van der Waals surface area contributed by atoms with Crippen molar-refractivity contribution < 1.29 is 17.6 Å². The van der Waals surface area contributed by atoms with Crippen LogP contribution in [-0.2, 0) is 5.41 Å². The summed E-state index contributed by atoms with van der Waals surface area (Å²) in [5, 5.41) is 3.91. The first-order valence-electron chi connectivity index (χ1n) is 13.8. The van der Waals surface area contributed by atoms with E-state index in [9.17, 15) is 8.78 Å². The summed E-state index contributed by atoms with van der Waals surface area (Å²) in [6.45, 7) is 0. The smallest absolute Gasteiger partial charge is 0.144 e. The maximum Gasteiger partial charge on any atom is 0.144 e. The summed E-state index contributed by atoms with van der Waals surface area (Å²) in [7, 11) is 0. The molecule has 43 heavy (non-hydrogen) atoms. The van der Waals surface area contributed by atoms with Gasteiger partial charge in [-0.25, -0.2) is 8.78 Å². The van der Waals surface area contributed by atoms with Crippen molar-refractivity contribution in [3.05, 3.63) is 152 Å². The molecule has 2 nitrogen and oxygen atoms in total. The average Bonchev–Trinajstić information content (AvgIpc) is 3.67. The first kappa shape index (κ1) is 25.3. The lowest BCUT2D eigenvalue weighted by atomic mass is 9.67. The third-order valence-corrected chi connectivity index (χ3v) is 10.1. The van der Waals surface area contributed by atoms with E-state index in [4.69, 9.17) is 8.83 Å². The van der Waals surface area contributed by atoms with Crippen molar-refractivity contribution >= 4 is 75.7 Å². The van der Waals surface area contributed by atoms with Crippen LogP contribution >= 0.6 is 31.9 Å². The molecule has 8 aromatic rings. The number of rotatable bonds is 2. The van der Waals surface area contributed by atoms with Gasteiger partial charge in [-0.15, -0.1) is 0 Å². The van der Waals surface area contributed by atoms with Crippen LogP contribution in [0.2, 0.25) is 0 Å². The molecule has 206 valence electrons. The van der Waals surface area contributed by atoms with Crippen LogP contribution in [0.5, 0.6) is 0 Å². The van der Waals surface area contributed by atoms with Crippen LogP contribution in [-0.4, -0.2) is 0 Å². The third-order valence-electron chi connectivity index (χ3n) is 8.82. The van der Waals surface area contributed by atoms with Crippen molar-refractivity contribution in [2.75, 3.05) is 0 Å². The minimum Gasteiger partial charge on any atom is -0.455 e. The topological polar surface area (TPSA) is 26.3 Å². The van der Waals surface area contributed by atoms with Crippen molar-refractivity contribution in [1.82, 2.24) is 0 Å². The Labute approximate surface area is 260 Å². The molecule has 9 rings (SSSR count). The second-order valence-corrected chi connectivity index (χ2v) is 12.6. The van der Waals surface area contributed by atoms with E-state index in [0.717, 1.165) is 86.2 Å². The van der Waals surface area contributed by atoms with Crippen LogP contribution in [0, 0.1) is 11.6 Å². The van der Waals surface area contributed by atoms with Crippen LogP contribution in [0.15, 0.2) is 127 Å². The van der Waals surface area contributed by atoms with Crippen LogP contribution in [0.4, 0.5) is 8.78 Å². The van der Waals surface area contributed by atoms with Crippen molar-refractivity contribution in [2.45, 2.75) is 5.41 Å². The highest BCUT2D eigenvalue weighted by Crippen LogP contribution is 2.62. The molecule has 0 N–H and O–H groups in total. The maximum atomic E-state index is 14.4. The Bertz CT molecular complexity index is 2260. The minimum atomic E-state index is -0.947. The quantitative estimate of drug-likeness (QED) is 0.180. The molecule has 0 aliphatic heterocycles. The molecule has 0 saturated heterocycles. The number of fused-ring (bicyclic) bond motifs is 11. The molecular formula is C37H18Br2F2O2. The zero-order valence-electron chi connectivity index (χ0n) is 22.2. The van der Waals surface area contributed by atoms with Gasteiger partial charge in [0.2, 0.25) is 0 Å². The number of hydrogen-bond donors (Lipinski definition) is 0. The lowest BCUT2D eigenvalue weighted by Gasteiger charge is -2.34. The van der Waals surface area contributed by atoms with Crippen molar-refractivity contribution in [1.29, 1.82) is 0 Å². The maximum absolute atomic E-state index is 14.4. The molecule has 0 fully saturated rings. The molecule has 0 amide bonds. The summed E-state index contributed by atoms with van der Waals surface area (Å²) in [5.74, 6) is -0.668. The summed E-state index contributed by atoms with van der Waals surface area (Å²) in [5.41, 5.74) is 7.37. The molecule has 0 bridgehead atoms. The summed E-state index contributed by atoms with van der Waals surface area (Å²) in [6.07, 6.45) is 0. The van der Waals surface area contributed by atoms with Crippen molar-refractivity contribution in [3.63, 3.8) is 0 Å². The largest absolute Gasteiger partial charge is 0.455 e. The fourth-order valence-corrected chi connectivity index (χ4v) is 8.37. The van der Waals surface area contributed by atoms with E-state index in [1.807, 2.05) is 60.7 Å². The second-order valence-electron chi connectivity index (χ2n) is 10.9. The predicted molar refractivity (Wildman–Crippen MR) is 174 cm³/mol. The summed E-state index contributed by atoms with van der Waals surface area (Å²) in [6, 6.07) is 33.4. The fraction of sp³-hybridized carbons (Fsp3) is 0.0270. The third kappa shape index (κ3) is 3.25. The normalized spacial score (nSPS) is 13.8. The molecule has 2 aromatic heterocycles. The van der Waals surface area contributed by atoms with E-state index in [2.05, 4.69) is 56.1 Å². The molecule has 0 atom stereocenters. The fourth-order valence-electron chi connectivity index (χ4n) is 7.13. The van der Waals surface area contributed by atoms with Gasteiger partial charge in [-0.05, 0) is 70.8 Å². The highest BCUT2D eigenvalue weighted by molar-refractivity contribution is 9.11. The highest BCUT2D eigenvalue weighted by Gasteiger charge is 2.49. The molecule has 6 aromatic carbocycles. The van der Waals surface area contributed by atoms with E-state index in [1.165, 1.54) is 24.3 Å². The molecule has 2 heterocycles. The molecule has 0 radical (unpaired) electrons. The molecule has 0 spiro atoms. The first-order valence-corrected chi connectivity index (χ1v) is 15.4. The van der Waals surface area contributed by atoms with Crippen LogP contribution < -0.4 is 0 Å². The van der Waals surface area contributed by atoms with Gasteiger partial charge < -0.3 is 8.83 Å². The lowest BCUT2D eigenvalue weighted by molar-refractivity contribution is 0.622. The van der Waals surface area contributed by atoms with Crippen LogP contribution in [0.1, 0.15) is 22.3 Å². The Kier molecular flexibility index (Phi) is 5.22. The van der Waals surface area contributed by atoms with E-state index in [1.54, 1.807) is 0 Å². The SMILES string of the molecule is Fc1ccc(C2(c3ccc(F)cc3)c3cc(Br)c4c(oc5ccccc54)c3-c3c2cc(Br)c2c3oc3ccccc32)cc1. The Hall–Kier alpha value is -4.26. The van der Waals surface area contributed by atoms with Gasteiger partial charge in [-0.1, -0.05) is 92.5 Å². The van der Waals surface area contributed by atoms with E-state index < -0.39 is 5.41 Å². The molecule has 0 unspecified atom stereocenters. The zero-order chi connectivity index (χ0) is 29.0. The first-order chi connectivity index (χ1) is 21.0. The van der Waals surface area contributed by atoms with Gasteiger partial charge in [0.05, 0.1) is 5.41 Å². The molecule has 0 saturated carbocycles. The van der Waals surface area contributed by atoms with Gasteiger partial charge >= 0.3 is 0 Å². The van der Waals surface area contributed by atoms with Crippen molar-refractivity contribution in [3.8, 4) is 11.1 Å². The summed E-state index contributed by atoms with van der Waals surface area (Å²) in [4.78, 5) is 0. The van der Waals surface area contributed by atoms with E-state index in [0.29, 0.717) is 0 Å². The van der Waals surface area contributed by atoms with Gasteiger partial charge in [0.1, 0.15) is 34.0 Å². The van der Waals surface area contributed by atoms with Crippen LogP contribution in [0.25, 0.3) is 55.0 Å². The Balaban J connectivity index is 1.57. The predicted octanol–water partition coefficient (Wildman–Crippen LogP) is 11.7. The minimum absolute atomic E-state index is 0.334. The lowest BCUT2D eigenvalue weighted by Crippen LogP contribution is -2.28. The standard InChI is InChI=1S/C37H18Br2F2O2/c38-27-17-25-33(35-31(27)23-5-1-3-7-29(23)42-35)34-26(18-28(39)32-24-6-2-4-8-30(24)43-36(32)34)37(25,19-9-13-21(40)14-10-19)20-11-15-22(41)16-12-20/h1-18H. The van der Waals surface area contributed by atoms with Gasteiger partial charge in [0.15, 0.2) is 0 Å². The summed E-state index contributed by atoms with van der Waals surface area (Å²) >= 11 is 7.79. The molecular weight excluding hydrogens is 674 g/mol. The van der Waals surface area contributed by atoms with Gasteiger partial charge in [-0.3, -0.25) is 0 Å². The number of hydrogen-bond acceptors (Lipinski definition) is 2. The van der Waals surface area contributed by atoms with Gasteiger partial charge in [-0.2, -0.15) is 0 Å². The monoisotopic (exact) mass is 690 g/mol. The number of furan rings is 2. The van der Waals surface area contributed by atoms with Gasteiger partial charge in [0, 0.05) is 41.6 Å². The summed E-state index contributed by atoms with van der Waals surface area (Å²) < 4.78 is 44.0. The number of para-hydroxylation sites is 2. The van der Waals surface area contributed by atoms with Crippen LogP contribution in [0.3, 0.4) is 0 Å².